The highest BCUT2D eigenvalue weighted by molar-refractivity contribution is 9.10. The van der Waals surface area contributed by atoms with E-state index in [0.29, 0.717) is 11.5 Å². The lowest BCUT2D eigenvalue weighted by molar-refractivity contribution is 0.190. The number of hydrogen-bond donors (Lipinski definition) is 1. The summed E-state index contributed by atoms with van der Waals surface area (Å²) in [6.45, 7) is 3.45. The van der Waals surface area contributed by atoms with Crippen molar-refractivity contribution in [3.8, 4) is 11.5 Å². The van der Waals surface area contributed by atoms with Crippen LogP contribution in [-0.2, 0) is 0 Å². The van der Waals surface area contributed by atoms with Crippen molar-refractivity contribution in [3.05, 3.63) is 57.8 Å². The maximum absolute atomic E-state index is 13.7. The predicted octanol–water partition coefficient (Wildman–Crippen LogP) is 4.74. The lowest BCUT2D eigenvalue weighted by Gasteiger charge is -2.14. The van der Waals surface area contributed by atoms with E-state index in [2.05, 4.69) is 15.9 Å². The lowest BCUT2D eigenvalue weighted by Crippen LogP contribution is -1.99. The molecule has 1 unspecified atom stereocenters. The third-order valence-electron chi connectivity index (χ3n) is 2.79. The van der Waals surface area contributed by atoms with E-state index in [1.54, 1.807) is 18.2 Å². The van der Waals surface area contributed by atoms with Gasteiger partial charge in [0.1, 0.15) is 17.3 Å². The number of aryl methyl sites for hydroxylation is 1. The van der Waals surface area contributed by atoms with Gasteiger partial charge in [-0.15, -0.1) is 0 Å². The van der Waals surface area contributed by atoms with Crippen LogP contribution in [0.25, 0.3) is 0 Å². The van der Waals surface area contributed by atoms with Crippen molar-refractivity contribution in [3.63, 3.8) is 0 Å². The van der Waals surface area contributed by atoms with Crippen molar-refractivity contribution < 1.29 is 14.2 Å². The molecule has 0 aliphatic heterocycles. The maximum Gasteiger partial charge on any atom is 0.136 e. The minimum atomic E-state index is -0.923. The fourth-order valence-corrected chi connectivity index (χ4v) is 2.07. The summed E-state index contributed by atoms with van der Waals surface area (Å²) < 4.78 is 20.3. The molecular formula is C15H14BrFO2. The Bertz CT molecular complexity index is 597. The van der Waals surface area contributed by atoms with Crippen LogP contribution in [-0.4, -0.2) is 5.11 Å². The van der Waals surface area contributed by atoms with E-state index in [1.807, 2.05) is 19.1 Å². The monoisotopic (exact) mass is 324 g/mol. The highest BCUT2D eigenvalue weighted by atomic mass is 79.9. The van der Waals surface area contributed by atoms with E-state index >= 15 is 0 Å². The molecule has 1 atom stereocenters. The van der Waals surface area contributed by atoms with Crippen LogP contribution in [0.5, 0.6) is 11.5 Å². The van der Waals surface area contributed by atoms with Gasteiger partial charge in [0, 0.05) is 4.47 Å². The van der Waals surface area contributed by atoms with Crippen LogP contribution in [0.3, 0.4) is 0 Å². The summed E-state index contributed by atoms with van der Waals surface area (Å²) >= 11 is 3.41. The van der Waals surface area contributed by atoms with E-state index in [0.717, 1.165) is 10.0 Å². The van der Waals surface area contributed by atoms with Crippen LogP contribution in [0.15, 0.2) is 40.9 Å². The van der Waals surface area contributed by atoms with Gasteiger partial charge in [0.25, 0.3) is 0 Å². The van der Waals surface area contributed by atoms with Gasteiger partial charge < -0.3 is 9.84 Å². The van der Waals surface area contributed by atoms with Crippen LogP contribution >= 0.6 is 15.9 Å². The predicted molar refractivity (Wildman–Crippen MR) is 76.0 cm³/mol. The number of hydrogen-bond acceptors (Lipinski definition) is 2. The first kappa shape index (κ1) is 14.0. The quantitative estimate of drug-likeness (QED) is 0.883. The van der Waals surface area contributed by atoms with Gasteiger partial charge in [-0.1, -0.05) is 22.0 Å². The van der Waals surface area contributed by atoms with Crippen LogP contribution in [0.1, 0.15) is 24.2 Å². The molecule has 19 heavy (non-hydrogen) atoms. The molecule has 0 bridgehead atoms. The third-order valence-corrected chi connectivity index (χ3v) is 3.68. The molecule has 2 aromatic rings. The van der Waals surface area contributed by atoms with Crippen LogP contribution in [0.2, 0.25) is 0 Å². The molecule has 4 heteroatoms. The third kappa shape index (κ3) is 3.14. The second-order valence-electron chi connectivity index (χ2n) is 4.34. The number of aliphatic hydroxyl groups is 1. The Kier molecular flexibility index (Phi) is 4.22. The first-order valence-electron chi connectivity index (χ1n) is 5.89. The van der Waals surface area contributed by atoms with E-state index in [4.69, 9.17) is 4.74 Å². The Hall–Kier alpha value is -1.39. The van der Waals surface area contributed by atoms with Gasteiger partial charge in [0.05, 0.1) is 11.7 Å². The minimum absolute atomic E-state index is 0.170. The summed E-state index contributed by atoms with van der Waals surface area (Å²) in [5.41, 5.74) is 1.19. The number of ether oxygens (including phenoxy) is 1. The lowest BCUT2D eigenvalue weighted by atomic mass is 10.1. The molecule has 0 aliphatic rings. The average molecular weight is 325 g/mol. The SMILES string of the molecule is Cc1cc(Oc2cccc(F)c2C(C)O)ccc1Br. The molecule has 0 heterocycles. The molecule has 2 nitrogen and oxygen atoms in total. The van der Waals surface area contributed by atoms with Gasteiger partial charge in [-0.3, -0.25) is 0 Å². The van der Waals surface area contributed by atoms with E-state index in [1.165, 1.54) is 13.0 Å². The normalized spacial score (nSPS) is 12.3. The Morgan fingerprint density at radius 3 is 2.63 bits per heavy atom. The summed E-state index contributed by atoms with van der Waals surface area (Å²) in [5.74, 6) is 0.464. The Balaban J connectivity index is 2.38. The van der Waals surface area contributed by atoms with Gasteiger partial charge in [-0.25, -0.2) is 4.39 Å². The highest BCUT2D eigenvalue weighted by Crippen LogP contribution is 2.32. The Morgan fingerprint density at radius 1 is 1.26 bits per heavy atom. The zero-order valence-electron chi connectivity index (χ0n) is 10.7. The molecule has 0 saturated carbocycles. The molecule has 2 aromatic carbocycles. The van der Waals surface area contributed by atoms with Gasteiger partial charge in [0.2, 0.25) is 0 Å². The molecule has 0 amide bonds. The zero-order chi connectivity index (χ0) is 14.0. The summed E-state index contributed by atoms with van der Waals surface area (Å²) in [4.78, 5) is 0. The average Bonchev–Trinajstić information content (AvgIpc) is 2.33. The summed E-state index contributed by atoms with van der Waals surface area (Å²) in [6.07, 6.45) is -0.923. The van der Waals surface area contributed by atoms with Gasteiger partial charge in [-0.2, -0.15) is 0 Å². The van der Waals surface area contributed by atoms with Crippen molar-refractivity contribution in [2.45, 2.75) is 20.0 Å². The Labute approximate surface area is 120 Å². The Morgan fingerprint density at radius 2 is 2.00 bits per heavy atom. The molecular weight excluding hydrogens is 311 g/mol. The summed E-state index contributed by atoms with van der Waals surface area (Å²) in [5, 5.41) is 9.63. The van der Waals surface area contributed by atoms with Crippen molar-refractivity contribution in [2.24, 2.45) is 0 Å². The van der Waals surface area contributed by atoms with Gasteiger partial charge in [-0.05, 0) is 49.7 Å². The second kappa shape index (κ2) is 5.72. The van der Waals surface area contributed by atoms with Crippen molar-refractivity contribution in [2.75, 3.05) is 0 Å². The second-order valence-corrected chi connectivity index (χ2v) is 5.20. The highest BCUT2D eigenvalue weighted by Gasteiger charge is 2.15. The van der Waals surface area contributed by atoms with E-state index < -0.39 is 11.9 Å². The molecule has 100 valence electrons. The van der Waals surface area contributed by atoms with Crippen molar-refractivity contribution in [1.29, 1.82) is 0 Å². The fourth-order valence-electron chi connectivity index (χ4n) is 1.82. The molecule has 2 rings (SSSR count). The fraction of sp³-hybridized carbons (Fsp3) is 0.200. The maximum atomic E-state index is 13.7. The molecule has 1 N–H and O–H groups in total. The summed E-state index contributed by atoms with van der Waals surface area (Å²) in [6, 6.07) is 10.0. The van der Waals surface area contributed by atoms with E-state index in [9.17, 15) is 9.50 Å². The number of rotatable bonds is 3. The van der Waals surface area contributed by atoms with E-state index in [-0.39, 0.29) is 5.56 Å². The standard InChI is InChI=1S/C15H14BrFO2/c1-9-8-11(6-7-12(9)16)19-14-5-3-4-13(17)15(14)10(2)18/h3-8,10,18H,1-2H3. The minimum Gasteiger partial charge on any atom is -0.457 e. The largest absolute Gasteiger partial charge is 0.457 e. The van der Waals surface area contributed by atoms with Gasteiger partial charge in [0.15, 0.2) is 0 Å². The number of halogens is 2. The summed E-state index contributed by atoms with van der Waals surface area (Å²) in [7, 11) is 0. The topological polar surface area (TPSA) is 29.5 Å². The smallest absolute Gasteiger partial charge is 0.136 e. The first-order chi connectivity index (χ1) is 8.99. The first-order valence-corrected chi connectivity index (χ1v) is 6.69. The number of aliphatic hydroxyl groups excluding tert-OH is 1. The molecule has 0 aliphatic carbocycles. The van der Waals surface area contributed by atoms with Gasteiger partial charge >= 0.3 is 0 Å². The van der Waals surface area contributed by atoms with Crippen LogP contribution in [0, 0.1) is 12.7 Å². The molecule has 0 saturated heterocycles. The van der Waals surface area contributed by atoms with Crippen LogP contribution < -0.4 is 4.74 Å². The van der Waals surface area contributed by atoms with Crippen molar-refractivity contribution >= 4 is 15.9 Å². The van der Waals surface area contributed by atoms with Crippen LogP contribution in [0.4, 0.5) is 4.39 Å². The molecule has 0 fully saturated rings. The molecule has 0 aromatic heterocycles. The molecule has 0 radical (unpaired) electrons. The molecule has 0 spiro atoms. The number of benzene rings is 2. The van der Waals surface area contributed by atoms with Crippen molar-refractivity contribution in [1.82, 2.24) is 0 Å². The zero-order valence-corrected chi connectivity index (χ0v) is 12.2.